The number of ketones is 1. The minimum absolute atomic E-state index is 0.0433. The molecule has 0 saturated heterocycles. The predicted molar refractivity (Wildman–Crippen MR) is 78.6 cm³/mol. The van der Waals surface area contributed by atoms with Gasteiger partial charge in [-0.05, 0) is 12.5 Å². The van der Waals surface area contributed by atoms with Gasteiger partial charge in [0.25, 0.3) is 0 Å². The fourth-order valence-corrected chi connectivity index (χ4v) is 1.91. The van der Waals surface area contributed by atoms with Crippen molar-refractivity contribution in [3.05, 3.63) is 70.3 Å². The molecule has 0 aliphatic heterocycles. The van der Waals surface area contributed by atoms with Crippen LogP contribution in [0.2, 0.25) is 0 Å². The van der Waals surface area contributed by atoms with Gasteiger partial charge in [0.2, 0.25) is 0 Å². The molecule has 108 valence electrons. The van der Waals surface area contributed by atoms with Crippen LogP contribution in [0.3, 0.4) is 0 Å². The number of ether oxygens (including phenoxy) is 1. The van der Waals surface area contributed by atoms with Crippen LogP contribution in [0.5, 0.6) is 5.75 Å². The summed E-state index contributed by atoms with van der Waals surface area (Å²) in [6.07, 6.45) is 0.865. The molecular weight excluding hydrogens is 270 g/mol. The molecule has 2 rings (SSSR count). The minimum Gasteiger partial charge on any atom is -0.487 e. The molecule has 0 aliphatic carbocycles. The van der Waals surface area contributed by atoms with E-state index in [-0.39, 0.29) is 23.8 Å². The SMILES string of the molecule is O=C(CCCOc1ccccc1[N+](=O)[O-])c1ccccc1. The zero-order valence-corrected chi connectivity index (χ0v) is 11.4. The summed E-state index contributed by atoms with van der Waals surface area (Å²) in [5.74, 6) is 0.274. The van der Waals surface area contributed by atoms with E-state index in [0.29, 0.717) is 18.4 Å². The highest BCUT2D eigenvalue weighted by atomic mass is 16.6. The van der Waals surface area contributed by atoms with Gasteiger partial charge in [0, 0.05) is 18.1 Å². The standard InChI is InChI=1S/C16H15NO4/c18-15(13-7-2-1-3-8-13)10-6-12-21-16-11-5-4-9-14(16)17(19)20/h1-5,7-9,11H,6,10,12H2. The number of hydrogen-bond acceptors (Lipinski definition) is 4. The van der Waals surface area contributed by atoms with Gasteiger partial charge in [-0.1, -0.05) is 42.5 Å². The molecule has 0 fully saturated rings. The predicted octanol–water partition coefficient (Wildman–Crippen LogP) is 3.64. The smallest absolute Gasteiger partial charge is 0.310 e. The maximum atomic E-state index is 11.9. The molecule has 0 radical (unpaired) electrons. The van der Waals surface area contributed by atoms with Crippen molar-refractivity contribution in [3.8, 4) is 5.75 Å². The van der Waals surface area contributed by atoms with Crippen LogP contribution in [0.1, 0.15) is 23.2 Å². The van der Waals surface area contributed by atoms with Gasteiger partial charge in [-0.3, -0.25) is 14.9 Å². The highest BCUT2D eigenvalue weighted by molar-refractivity contribution is 5.95. The van der Waals surface area contributed by atoms with Crippen LogP contribution in [0.25, 0.3) is 0 Å². The van der Waals surface area contributed by atoms with Crippen molar-refractivity contribution < 1.29 is 14.5 Å². The Morgan fingerprint density at radius 3 is 2.43 bits per heavy atom. The minimum atomic E-state index is -0.482. The lowest BCUT2D eigenvalue weighted by Crippen LogP contribution is -2.04. The number of rotatable bonds is 7. The fourth-order valence-electron chi connectivity index (χ4n) is 1.91. The van der Waals surface area contributed by atoms with Crippen molar-refractivity contribution in [3.63, 3.8) is 0 Å². The first-order chi connectivity index (χ1) is 10.2. The zero-order valence-electron chi connectivity index (χ0n) is 11.4. The molecule has 2 aromatic carbocycles. The molecule has 5 heteroatoms. The molecule has 0 bridgehead atoms. The Bertz CT molecular complexity index is 625. The van der Waals surface area contributed by atoms with E-state index in [1.54, 1.807) is 30.3 Å². The fraction of sp³-hybridized carbons (Fsp3) is 0.188. The van der Waals surface area contributed by atoms with E-state index in [2.05, 4.69) is 0 Å². The summed E-state index contributed by atoms with van der Waals surface area (Å²) in [4.78, 5) is 22.2. The van der Waals surface area contributed by atoms with Gasteiger partial charge in [0.15, 0.2) is 11.5 Å². The van der Waals surface area contributed by atoms with Gasteiger partial charge in [-0.2, -0.15) is 0 Å². The van der Waals surface area contributed by atoms with Gasteiger partial charge in [0.1, 0.15) is 0 Å². The third kappa shape index (κ3) is 4.14. The first-order valence-corrected chi connectivity index (χ1v) is 6.63. The highest BCUT2D eigenvalue weighted by Crippen LogP contribution is 2.25. The van der Waals surface area contributed by atoms with Crippen molar-refractivity contribution in [1.29, 1.82) is 0 Å². The van der Waals surface area contributed by atoms with Crippen LogP contribution < -0.4 is 4.74 Å². The van der Waals surface area contributed by atoms with Crippen LogP contribution >= 0.6 is 0 Å². The number of nitrogens with zero attached hydrogens (tertiary/aromatic N) is 1. The maximum absolute atomic E-state index is 11.9. The summed E-state index contributed by atoms with van der Waals surface area (Å²) in [5, 5.41) is 10.8. The molecule has 21 heavy (non-hydrogen) atoms. The molecule has 2 aromatic rings. The summed E-state index contributed by atoms with van der Waals surface area (Å²) < 4.78 is 5.39. The van der Waals surface area contributed by atoms with Crippen LogP contribution in [0.15, 0.2) is 54.6 Å². The summed E-state index contributed by atoms with van der Waals surface area (Å²) >= 11 is 0. The van der Waals surface area contributed by atoms with E-state index in [1.165, 1.54) is 6.07 Å². The van der Waals surface area contributed by atoms with Crippen molar-refractivity contribution in [2.75, 3.05) is 6.61 Å². The molecule has 0 aliphatic rings. The Morgan fingerprint density at radius 1 is 1.05 bits per heavy atom. The Hall–Kier alpha value is -2.69. The van der Waals surface area contributed by atoms with E-state index >= 15 is 0 Å². The first kappa shape index (κ1) is 14.7. The van der Waals surface area contributed by atoms with E-state index in [9.17, 15) is 14.9 Å². The van der Waals surface area contributed by atoms with Crippen molar-refractivity contribution in [2.24, 2.45) is 0 Å². The second-order valence-corrected chi connectivity index (χ2v) is 4.47. The van der Waals surface area contributed by atoms with Crippen LogP contribution in [0.4, 0.5) is 5.69 Å². The lowest BCUT2D eigenvalue weighted by atomic mass is 10.1. The second kappa shape index (κ2) is 7.19. The molecule has 5 nitrogen and oxygen atoms in total. The first-order valence-electron chi connectivity index (χ1n) is 6.63. The summed E-state index contributed by atoms with van der Waals surface area (Å²) in [7, 11) is 0. The van der Waals surface area contributed by atoms with Crippen LogP contribution in [-0.4, -0.2) is 17.3 Å². The van der Waals surface area contributed by atoms with Crippen molar-refractivity contribution >= 4 is 11.5 Å². The van der Waals surface area contributed by atoms with Gasteiger partial charge in [-0.15, -0.1) is 0 Å². The van der Waals surface area contributed by atoms with Gasteiger partial charge >= 0.3 is 5.69 Å². The summed E-state index contributed by atoms with van der Waals surface area (Å²) in [6, 6.07) is 15.2. The van der Waals surface area contributed by atoms with Gasteiger partial charge in [-0.25, -0.2) is 0 Å². The lowest BCUT2D eigenvalue weighted by molar-refractivity contribution is -0.385. The summed E-state index contributed by atoms with van der Waals surface area (Å²) in [5.41, 5.74) is 0.607. The summed E-state index contributed by atoms with van der Waals surface area (Å²) in [6.45, 7) is 0.267. The maximum Gasteiger partial charge on any atom is 0.310 e. The third-order valence-corrected chi connectivity index (χ3v) is 2.96. The largest absolute Gasteiger partial charge is 0.487 e. The van der Waals surface area contributed by atoms with E-state index in [1.807, 2.05) is 18.2 Å². The van der Waals surface area contributed by atoms with Crippen LogP contribution in [-0.2, 0) is 0 Å². The number of Topliss-reactive ketones (excluding diaryl/α,β-unsaturated/α-hetero) is 1. The average molecular weight is 285 g/mol. The van der Waals surface area contributed by atoms with Gasteiger partial charge in [0.05, 0.1) is 11.5 Å². The van der Waals surface area contributed by atoms with E-state index < -0.39 is 4.92 Å². The topological polar surface area (TPSA) is 69.4 Å². The quantitative estimate of drug-likeness (QED) is 0.337. The molecule has 0 aromatic heterocycles. The normalized spacial score (nSPS) is 10.1. The van der Waals surface area contributed by atoms with E-state index in [0.717, 1.165) is 0 Å². The molecule has 0 amide bonds. The number of hydrogen-bond donors (Lipinski definition) is 0. The number of nitro benzene ring substituents is 1. The molecule has 0 saturated carbocycles. The third-order valence-electron chi connectivity index (χ3n) is 2.96. The number of carbonyl (C=O) groups excluding carboxylic acids is 1. The number of carbonyl (C=O) groups is 1. The number of para-hydroxylation sites is 2. The second-order valence-electron chi connectivity index (χ2n) is 4.47. The molecule has 0 atom stereocenters. The number of nitro groups is 1. The van der Waals surface area contributed by atoms with Gasteiger partial charge < -0.3 is 4.74 Å². The Balaban J connectivity index is 1.83. The average Bonchev–Trinajstić information content (AvgIpc) is 2.52. The molecular formula is C16H15NO4. The highest BCUT2D eigenvalue weighted by Gasteiger charge is 2.13. The lowest BCUT2D eigenvalue weighted by Gasteiger charge is -2.06. The molecule has 0 unspecified atom stereocenters. The Kier molecular flexibility index (Phi) is 5.04. The molecule has 0 N–H and O–H groups in total. The Labute approximate surface area is 122 Å². The molecule has 0 heterocycles. The Morgan fingerprint density at radius 2 is 1.71 bits per heavy atom. The van der Waals surface area contributed by atoms with Crippen molar-refractivity contribution in [1.82, 2.24) is 0 Å². The molecule has 0 spiro atoms. The zero-order chi connectivity index (χ0) is 15.1. The monoisotopic (exact) mass is 285 g/mol. The van der Waals surface area contributed by atoms with Crippen molar-refractivity contribution in [2.45, 2.75) is 12.8 Å². The van der Waals surface area contributed by atoms with E-state index in [4.69, 9.17) is 4.74 Å². The van der Waals surface area contributed by atoms with Crippen LogP contribution in [0, 0.1) is 10.1 Å². The number of benzene rings is 2.